The van der Waals surface area contributed by atoms with Crippen LogP contribution in [-0.4, -0.2) is 42.8 Å². The summed E-state index contributed by atoms with van der Waals surface area (Å²) in [5, 5.41) is 3.09. The Balaban J connectivity index is 1.36. The standard InChI is InChI=1S/C29H37FN2O3/c1-17(2)34-25-7-6-20(12-18(25)3)22-13-21-15-29(4,5)27(23(21)14-24(22)30)31-28(33)35-26-16-32-10-8-19(26)9-11-32/h6-7,12-14,17,19,26-27H,8-11,15-16H2,1-5H3,(H,31,33)/t26-,27+/m1/s1. The Kier molecular flexibility index (Phi) is 6.28. The Labute approximate surface area is 208 Å². The number of nitrogens with one attached hydrogen (secondary N) is 1. The molecule has 0 radical (unpaired) electrons. The van der Waals surface area contributed by atoms with Crippen molar-refractivity contribution in [3.8, 4) is 16.9 Å². The molecule has 0 saturated carbocycles. The fraction of sp³-hybridized carbons (Fsp3) is 0.552. The number of hydrogen-bond donors (Lipinski definition) is 1. The van der Waals surface area contributed by atoms with E-state index in [1.165, 1.54) is 0 Å². The molecule has 2 aromatic carbocycles. The van der Waals surface area contributed by atoms with E-state index in [0.29, 0.717) is 11.5 Å². The number of benzene rings is 2. The average molecular weight is 481 g/mol. The highest BCUT2D eigenvalue weighted by atomic mass is 19.1. The minimum Gasteiger partial charge on any atom is -0.491 e. The maximum atomic E-state index is 15.4. The molecule has 6 rings (SSSR count). The van der Waals surface area contributed by atoms with Gasteiger partial charge in [-0.25, -0.2) is 9.18 Å². The second kappa shape index (κ2) is 9.12. The number of hydrogen-bond acceptors (Lipinski definition) is 4. The topological polar surface area (TPSA) is 50.8 Å². The van der Waals surface area contributed by atoms with Crippen LogP contribution < -0.4 is 10.1 Å². The first-order chi connectivity index (χ1) is 16.6. The minimum absolute atomic E-state index is 0.0496. The number of alkyl carbamates (subject to hydrolysis) is 1. The molecule has 2 bridgehead atoms. The van der Waals surface area contributed by atoms with Crippen LogP contribution in [0, 0.1) is 24.1 Å². The lowest BCUT2D eigenvalue weighted by atomic mass is 9.85. The normalized spacial score (nSPS) is 26.5. The number of ether oxygens (including phenoxy) is 2. The number of rotatable bonds is 5. The van der Waals surface area contributed by atoms with Crippen molar-refractivity contribution >= 4 is 6.09 Å². The van der Waals surface area contributed by atoms with Crippen LogP contribution in [0.1, 0.15) is 63.3 Å². The summed E-state index contributed by atoms with van der Waals surface area (Å²) in [6, 6.07) is 9.06. The summed E-state index contributed by atoms with van der Waals surface area (Å²) in [4.78, 5) is 15.3. The van der Waals surface area contributed by atoms with E-state index in [-0.39, 0.29) is 29.5 Å². The van der Waals surface area contributed by atoms with Gasteiger partial charge in [-0.05, 0) is 111 Å². The molecule has 1 aliphatic carbocycles. The highest BCUT2D eigenvalue weighted by molar-refractivity contribution is 5.71. The first-order valence-electron chi connectivity index (χ1n) is 12.9. The Hall–Kier alpha value is -2.60. The van der Waals surface area contributed by atoms with Gasteiger partial charge in [-0.3, -0.25) is 4.90 Å². The van der Waals surface area contributed by atoms with Gasteiger partial charge in [0.25, 0.3) is 0 Å². The van der Waals surface area contributed by atoms with Gasteiger partial charge in [0.05, 0.1) is 12.1 Å². The van der Waals surface area contributed by atoms with Crippen LogP contribution in [0.3, 0.4) is 0 Å². The summed E-state index contributed by atoms with van der Waals surface area (Å²) in [6.45, 7) is 13.2. The maximum Gasteiger partial charge on any atom is 0.407 e. The second-order valence-corrected chi connectivity index (χ2v) is 11.5. The molecule has 1 amide bonds. The van der Waals surface area contributed by atoms with E-state index in [1.54, 1.807) is 6.07 Å². The van der Waals surface area contributed by atoms with E-state index in [4.69, 9.17) is 9.47 Å². The lowest BCUT2D eigenvalue weighted by Crippen LogP contribution is -2.53. The SMILES string of the molecule is Cc1cc(-c2cc3c(cc2F)[C@H](NC(=O)O[C@@H]2CN4CCC2CC4)C(C)(C)C3)ccc1OC(C)C. The number of halogens is 1. The van der Waals surface area contributed by atoms with Crippen LogP contribution in [0.5, 0.6) is 5.75 Å². The van der Waals surface area contributed by atoms with Crippen molar-refractivity contribution in [1.29, 1.82) is 0 Å². The molecule has 2 aromatic rings. The van der Waals surface area contributed by atoms with Crippen LogP contribution in [0.4, 0.5) is 9.18 Å². The average Bonchev–Trinajstić information content (AvgIpc) is 3.04. The van der Waals surface area contributed by atoms with Crippen molar-refractivity contribution in [3.63, 3.8) is 0 Å². The molecule has 5 nitrogen and oxygen atoms in total. The van der Waals surface area contributed by atoms with Crippen LogP contribution in [0.25, 0.3) is 11.1 Å². The van der Waals surface area contributed by atoms with Gasteiger partial charge in [0.1, 0.15) is 17.7 Å². The third kappa shape index (κ3) is 4.77. The van der Waals surface area contributed by atoms with Gasteiger partial charge in [0.2, 0.25) is 0 Å². The Morgan fingerprint density at radius 2 is 1.91 bits per heavy atom. The molecule has 6 heteroatoms. The van der Waals surface area contributed by atoms with Crippen molar-refractivity contribution in [2.45, 2.75) is 72.1 Å². The van der Waals surface area contributed by atoms with E-state index in [9.17, 15) is 4.79 Å². The fourth-order valence-corrected chi connectivity index (χ4v) is 6.10. The molecule has 35 heavy (non-hydrogen) atoms. The Morgan fingerprint density at radius 1 is 1.17 bits per heavy atom. The fourth-order valence-electron chi connectivity index (χ4n) is 6.10. The van der Waals surface area contributed by atoms with Crippen molar-refractivity contribution < 1.29 is 18.7 Å². The number of aryl methyl sites for hydroxylation is 1. The third-order valence-corrected chi connectivity index (χ3v) is 7.93. The molecule has 0 spiro atoms. The van der Waals surface area contributed by atoms with Gasteiger partial charge in [-0.1, -0.05) is 19.9 Å². The zero-order valence-corrected chi connectivity index (χ0v) is 21.5. The summed E-state index contributed by atoms with van der Waals surface area (Å²) in [5.41, 5.74) is 4.06. The Morgan fingerprint density at radius 3 is 2.54 bits per heavy atom. The molecule has 4 aliphatic rings. The van der Waals surface area contributed by atoms with E-state index < -0.39 is 6.09 Å². The molecule has 0 unspecified atom stereocenters. The molecule has 3 fully saturated rings. The largest absolute Gasteiger partial charge is 0.491 e. The van der Waals surface area contributed by atoms with Crippen molar-refractivity contribution in [2.75, 3.05) is 19.6 Å². The van der Waals surface area contributed by atoms with Crippen LogP contribution in [0.15, 0.2) is 30.3 Å². The van der Waals surface area contributed by atoms with Gasteiger partial charge in [0.15, 0.2) is 0 Å². The second-order valence-electron chi connectivity index (χ2n) is 11.5. The van der Waals surface area contributed by atoms with E-state index >= 15 is 4.39 Å². The smallest absolute Gasteiger partial charge is 0.407 e. The van der Waals surface area contributed by atoms with Crippen molar-refractivity contribution in [1.82, 2.24) is 10.2 Å². The first kappa shape index (κ1) is 24.1. The summed E-state index contributed by atoms with van der Waals surface area (Å²) in [5.74, 6) is 0.989. The lowest BCUT2D eigenvalue weighted by Gasteiger charge is -2.44. The molecule has 3 heterocycles. The highest BCUT2D eigenvalue weighted by Crippen LogP contribution is 2.47. The predicted molar refractivity (Wildman–Crippen MR) is 135 cm³/mol. The Bertz CT molecular complexity index is 1120. The van der Waals surface area contributed by atoms with Crippen molar-refractivity contribution in [3.05, 3.63) is 52.8 Å². The lowest BCUT2D eigenvalue weighted by molar-refractivity contribution is -0.0349. The molecule has 1 N–H and O–H groups in total. The predicted octanol–water partition coefficient (Wildman–Crippen LogP) is 6.03. The zero-order valence-electron chi connectivity index (χ0n) is 21.5. The summed E-state index contributed by atoms with van der Waals surface area (Å²) < 4.78 is 27.1. The molecule has 3 saturated heterocycles. The highest BCUT2D eigenvalue weighted by Gasteiger charge is 2.42. The van der Waals surface area contributed by atoms with Gasteiger partial charge in [-0.15, -0.1) is 0 Å². The molecular formula is C29H37FN2O3. The third-order valence-electron chi connectivity index (χ3n) is 7.93. The summed E-state index contributed by atoms with van der Waals surface area (Å²) in [7, 11) is 0. The molecule has 3 aliphatic heterocycles. The summed E-state index contributed by atoms with van der Waals surface area (Å²) >= 11 is 0. The van der Waals surface area contributed by atoms with Crippen LogP contribution in [-0.2, 0) is 11.2 Å². The number of fused-ring (bicyclic) bond motifs is 4. The monoisotopic (exact) mass is 480 g/mol. The van der Waals surface area contributed by atoms with E-state index in [2.05, 4.69) is 24.1 Å². The van der Waals surface area contributed by atoms with Gasteiger partial charge >= 0.3 is 6.09 Å². The van der Waals surface area contributed by atoms with Crippen LogP contribution >= 0.6 is 0 Å². The summed E-state index contributed by atoms with van der Waals surface area (Å²) in [6.07, 6.45) is 2.58. The van der Waals surface area contributed by atoms with Gasteiger partial charge in [0, 0.05) is 12.1 Å². The van der Waals surface area contributed by atoms with Crippen molar-refractivity contribution in [2.24, 2.45) is 11.3 Å². The van der Waals surface area contributed by atoms with E-state index in [0.717, 1.165) is 66.9 Å². The number of carbonyl (C=O) groups excluding carboxylic acids is 1. The first-order valence-corrected chi connectivity index (χ1v) is 12.9. The minimum atomic E-state index is -0.393. The zero-order chi connectivity index (χ0) is 24.9. The van der Waals surface area contributed by atoms with Gasteiger partial charge in [-0.2, -0.15) is 0 Å². The number of amides is 1. The maximum absolute atomic E-state index is 15.4. The van der Waals surface area contributed by atoms with E-state index in [1.807, 2.05) is 45.0 Å². The molecule has 2 atom stereocenters. The quantitative estimate of drug-likeness (QED) is 0.568. The molecule has 188 valence electrons. The number of nitrogens with zero attached hydrogens (tertiary/aromatic N) is 1. The number of piperidine rings is 3. The number of carbonyl (C=O) groups is 1. The van der Waals surface area contributed by atoms with Crippen LogP contribution in [0.2, 0.25) is 0 Å². The van der Waals surface area contributed by atoms with Gasteiger partial charge < -0.3 is 14.8 Å². The molecular weight excluding hydrogens is 443 g/mol. The molecule has 0 aromatic heterocycles.